The Morgan fingerprint density at radius 2 is 0.679 bits per heavy atom. The molecule has 0 radical (unpaired) electrons. The number of anilines is 6. The first-order valence-electron chi connectivity index (χ1n) is 19.2. The van der Waals surface area contributed by atoms with Crippen LogP contribution < -0.4 is 9.80 Å². The Morgan fingerprint density at radius 3 is 0.982 bits per heavy atom. The monoisotopic (exact) mass is 722 g/mol. The van der Waals surface area contributed by atoms with Crippen molar-refractivity contribution < 1.29 is 0 Å². The van der Waals surface area contributed by atoms with Crippen LogP contribution in [-0.2, 0) is 10.8 Å². The number of nitrogens with zero attached hydrogens (tertiary/aromatic N) is 4. The summed E-state index contributed by atoms with van der Waals surface area (Å²) in [6.45, 7) is 13.5. The van der Waals surface area contributed by atoms with Gasteiger partial charge in [0.15, 0.2) is 0 Å². The topological polar surface area (TPSA) is 54.1 Å². The predicted molar refractivity (Wildman–Crippen MR) is 230 cm³/mol. The number of benzene rings is 7. The molecule has 2 aliphatic rings. The molecule has 270 valence electrons. The summed E-state index contributed by atoms with van der Waals surface area (Å²) >= 11 is 0. The first kappa shape index (κ1) is 34.9. The molecule has 56 heavy (non-hydrogen) atoms. The second-order valence-corrected chi connectivity index (χ2v) is 16.2. The second-order valence-electron chi connectivity index (χ2n) is 16.2. The lowest BCUT2D eigenvalue weighted by Gasteiger charge is -2.42. The highest BCUT2D eigenvalue weighted by Gasteiger charge is 2.39. The molecular weight excluding hydrogens is 681 g/mol. The maximum Gasteiger partial charge on any atom is 0.0991 e. The summed E-state index contributed by atoms with van der Waals surface area (Å²) in [5.74, 6) is 0. The van der Waals surface area contributed by atoms with Gasteiger partial charge in [-0.25, -0.2) is 0 Å². The van der Waals surface area contributed by atoms with Gasteiger partial charge in [0.05, 0.1) is 57.4 Å². The van der Waals surface area contributed by atoms with E-state index in [9.17, 15) is 10.5 Å². The molecule has 0 fully saturated rings. The van der Waals surface area contributed by atoms with Crippen LogP contribution >= 0.6 is 0 Å². The lowest BCUT2D eigenvalue weighted by atomic mass is 9.73. The van der Waals surface area contributed by atoms with E-state index >= 15 is 0 Å². The highest BCUT2D eigenvalue weighted by Crippen LogP contribution is 2.55. The number of hydrogen-bond donors (Lipinski definition) is 0. The van der Waals surface area contributed by atoms with E-state index in [2.05, 4.69) is 185 Å². The van der Waals surface area contributed by atoms with Gasteiger partial charge in [0.25, 0.3) is 0 Å². The van der Waals surface area contributed by atoms with Gasteiger partial charge in [0.1, 0.15) is 0 Å². The Morgan fingerprint density at radius 1 is 0.375 bits per heavy atom. The van der Waals surface area contributed by atoms with E-state index in [1.54, 1.807) is 0 Å². The van der Waals surface area contributed by atoms with Crippen molar-refractivity contribution in [3.05, 3.63) is 190 Å². The van der Waals surface area contributed by atoms with Crippen LogP contribution in [0.15, 0.2) is 146 Å². The van der Waals surface area contributed by atoms with Gasteiger partial charge in [0, 0.05) is 22.0 Å². The lowest BCUT2D eigenvalue weighted by Crippen LogP contribution is -2.30. The van der Waals surface area contributed by atoms with E-state index in [-0.39, 0.29) is 10.8 Å². The average molecular weight is 723 g/mol. The second kappa shape index (κ2) is 12.9. The van der Waals surface area contributed by atoms with Gasteiger partial charge in [-0.3, -0.25) is 0 Å². The standard InChI is InChI=1S/C52H42N4/c1-33-27-38(40-30-36(32-54)24-26-46(40)56-49-21-13-9-17-43(49)52(5,6)44-18-10-14-22-50(44)56)34(2)28-37(33)39-29-35(31-53)23-25-45(39)55-47-19-11-7-15-41(47)51(3,4)42-16-8-12-20-48(42)55/h7-30H,1-6H3. The van der Waals surface area contributed by atoms with Gasteiger partial charge in [-0.15, -0.1) is 0 Å². The first-order chi connectivity index (χ1) is 27.0. The quantitative estimate of drug-likeness (QED) is 0.181. The number of para-hydroxylation sites is 4. The number of nitriles is 2. The van der Waals surface area contributed by atoms with Gasteiger partial charge in [0.2, 0.25) is 0 Å². The van der Waals surface area contributed by atoms with Crippen molar-refractivity contribution in [2.24, 2.45) is 0 Å². The van der Waals surface area contributed by atoms with Gasteiger partial charge in [-0.1, -0.05) is 113 Å². The summed E-state index contributed by atoms with van der Waals surface area (Å²) < 4.78 is 0. The SMILES string of the molecule is Cc1cc(-c2cc(C#N)ccc2N2c3ccccc3C(C)(C)c3ccccc32)c(C)cc1-c1cc(C#N)ccc1N1c2ccccc2C(C)(C)c2ccccc21. The third-order valence-corrected chi connectivity index (χ3v) is 12.2. The summed E-state index contributed by atoms with van der Waals surface area (Å²) in [6, 6.07) is 56.2. The number of aryl methyl sites for hydroxylation is 2. The smallest absolute Gasteiger partial charge is 0.0991 e. The van der Waals surface area contributed by atoms with E-state index in [0.29, 0.717) is 11.1 Å². The van der Waals surface area contributed by atoms with Crippen LogP contribution in [-0.4, -0.2) is 0 Å². The lowest BCUT2D eigenvalue weighted by molar-refractivity contribution is 0.632. The minimum absolute atomic E-state index is 0.189. The van der Waals surface area contributed by atoms with Crippen molar-refractivity contribution >= 4 is 34.1 Å². The van der Waals surface area contributed by atoms with E-state index in [1.807, 2.05) is 24.3 Å². The molecule has 2 heterocycles. The number of rotatable bonds is 4. The van der Waals surface area contributed by atoms with Gasteiger partial charge in [-0.2, -0.15) is 10.5 Å². The maximum atomic E-state index is 10.2. The molecule has 0 saturated heterocycles. The van der Waals surface area contributed by atoms with Crippen molar-refractivity contribution in [2.75, 3.05) is 9.80 Å². The molecule has 2 aliphatic heterocycles. The molecule has 4 nitrogen and oxygen atoms in total. The van der Waals surface area contributed by atoms with Crippen molar-refractivity contribution in [2.45, 2.75) is 52.4 Å². The fourth-order valence-electron chi connectivity index (χ4n) is 9.29. The Kier molecular flexibility index (Phi) is 8.01. The van der Waals surface area contributed by atoms with Crippen LogP contribution in [0.5, 0.6) is 0 Å². The van der Waals surface area contributed by atoms with Crippen LogP contribution in [0.4, 0.5) is 34.1 Å². The molecule has 0 aliphatic carbocycles. The molecule has 0 spiro atoms. The minimum Gasteiger partial charge on any atom is -0.309 e. The molecule has 0 amide bonds. The fraction of sp³-hybridized carbons (Fsp3) is 0.154. The zero-order valence-corrected chi connectivity index (χ0v) is 32.6. The van der Waals surface area contributed by atoms with E-state index in [1.165, 1.54) is 22.3 Å². The molecule has 0 aromatic heterocycles. The summed E-state index contributed by atoms with van der Waals surface area (Å²) in [5.41, 5.74) is 18.7. The number of hydrogen-bond acceptors (Lipinski definition) is 4. The summed E-state index contributed by atoms with van der Waals surface area (Å²) in [5, 5.41) is 20.4. The Bertz CT molecular complexity index is 2530. The molecule has 0 N–H and O–H groups in total. The zero-order chi connectivity index (χ0) is 38.9. The van der Waals surface area contributed by atoms with Crippen LogP contribution in [0, 0.1) is 36.5 Å². The molecule has 0 atom stereocenters. The average Bonchev–Trinajstić information content (AvgIpc) is 3.22. The Hall–Kier alpha value is -6.88. The first-order valence-corrected chi connectivity index (χ1v) is 19.2. The van der Waals surface area contributed by atoms with Crippen molar-refractivity contribution in [3.63, 3.8) is 0 Å². The van der Waals surface area contributed by atoms with Gasteiger partial charge in [-0.05, 0) is 119 Å². The fourth-order valence-corrected chi connectivity index (χ4v) is 9.29. The highest BCUT2D eigenvalue weighted by atomic mass is 15.2. The largest absolute Gasteiger partial charge is 0.309 e. The molecule has 0 unspecified atom stereocenters. The van der Waals surface area contributed by atoms with E-state index < -0.39 is 0 Å². The Labute approximate surface area is 330 Å². The molecule has 4 heteroatoms. The predicted octanol–water partition coefficient (Wildman–Crippen LogP) is 13.6. The molecular formula is C52H42N4. The Balaban J connectivity index is 1.25. The van der Waals surface area contributed by atoms with Crippen LogP contribution in [0.2, 0.25) is 0 Å². The summed E-state index contributed by atoms with van der Waals surface area (Å²) in [6.07, 6.45) is 0. The van der Waals surface area contributed by atoms with Gasteiger partial charge < -0.3 is 9.80 Å². The third kappa shape index (κ3) is 5.18. The van der Waals surface area contributed by atoms with Crippen molar-refractivity contribution in [1.82, 2.24) is 0 Å². The zero-order valence-electron chi connectivity index (χ0n) is 32.6. The van der Waals surface area contributed by atoms with E-state index in [4.69, 9.17) is 0 Å². The van der Waals surface area contributed by atoms with Crippen LogP contribution in [0.1, 0.15) is 72.2 Å². The summed E-state index contributed by atoms with van der Waals surface area (Å²) in [7, 11) is 0. The highest BCUT2D eigenvalue weighted by molar-refractivity contribution is 5.97. The summed E-state index contributed by atoms with van der Waals surface area (Å²) in [4.78, 5) is 4.74. The minimum atomic E-state index is -0.189. The van der Waals surface area contributed by atoms with Crippen molar-refractivity contribution in [1.29, 1.82) is 10.5 Å². The number of fused-ring (bicyclic) bond motifs is 4. The van der Waals surface area contributed by atoms with Crippen LogP contribution in [0.3, 0.4) is 0 Å². The van der Waals surface area contributed by atoms with Crippen LogP contribution in [0.25, 0.3) is 22.3 Å². The van der Waals surface area contributed by atoms with Gasteiger partial charge >= 0.3 is 0 Å². The maximum absolute atomic E-state index is 10.2. The molecule has 0 saturated carbocycles. The molecule has 7 aromatic rings. The normalized spacial score (nSPS) is 14.4. The molecule has 0 bridgehead atoms. The molecule has 7 aromatic carbocycles. The third-order valence-electron chi connectivity index (χ3n) is 12.2. The molecule has 9 rings (SSSR count). The van der Waals surface area contributed by atoms with Crippen molar-refractivity contribution in [3.8, 4) is 34.4 Å². The van der Waals surface area contributed by atoms with E-state index in [0.717, 1.165) is 67.5 Å².